The molecule has 0 radical (unpaired) electrons. The normalized spacial score (nSPS) is 14.4. The van der Waals surface area contributed by atoms with Gasteiger partial charge in [-0.25, -0.2) is 22.2 Å². The molecule has 0 aliphatic carbocycles. The molecule has 10 heteroatoms. The molecule has 172 valence electrons. The monoisotopic (exact) mass is 472 g/mol. The SMILES string of the molecule is CC(C)(c1ccc2cc(S(C)(=O)=O)ccc2n1)C(O)(Cc1nc[nH]n1)c1ccc(F)cc1F. The number of aromatic nitrogens is 4. The molecule has 1 unspecified atom stereocenters. The van der Waals surface area contributed by atoms with Gasteiger partial charge in [0.2, 0.25) is 0 Å². The molecule has 0 aliphatic rings. The average molecular weight is 473 g/mol. The van der Waals surface area contributed by atoms with Gasteiger partial charge < -0.3 is 5.11 Å². The summed E-state index contributed by atoms with van der Waals surface area (Å²) < 4.78 is 52.3. The van der Waals surface area contributed by atoms with E-state index in [1.54, 1.807) is 32.0 Å². The topological polar surface area (TPSA) is 109 Å². The summed E-state index contributed by atoms with van der Waals surface area (Å²) in [6, 6.07) is 10.9. The van der Waals surface area contributed by atoms with Gasteiger partial charge in [0, 0.05) is 40.8 Å². The summed E-state index contributed by atoms with van der Waals surface area (Å²) in [4.78, 5) is 8.87. The lowest BCUT2D eigenvalue weighted by molar-refractivity contribution is -0.0379. The number of hydrogen-bond acceptors (Lipinski definition) is 6. The Kier molecular flexibility index (Phi) is 5.53. The molecule has 4 aromatic rings. The van der Waals surface area contributed by atoms with Gasteiger partial charge in [-0.15, -0.1) is 0 Å². The van der Waals surface area contributed by atoms with Crippen molar-refractivity contribution in [2.75, 3.05) is 6.26 Å². The second-order valence-corrected chi connectivity index (χ2v) is 10.5. The number of fused-ring (bicyclic) bond motifs is 1. The predicted octanol–water partition coefficient (Wildman–Crippen LogP) is 3.44. The lowest BCUT2D eigenvalue weighted by Crippen LogP contribution is -2.48. The fraction of sp³-hybridized carbons (Fsp3) is 0.261. The number of hydrogen-bond donors (Lipinski definition) is 2. The lowest BCUT2D eigenvalue weighted by atomic mass is 9.66. The van der Waals surface area contributed by atoms with Crippen molar-refractivity contribution < 1.29 is 22.3 Å². The lowest BCUT2D eigenvalue weighted by Gasteiger charge is -2.42. The minimum Gasteiger partial charge on any atom is -0.384 e. The number of aliphatic hydroxyl groups is 1. The number of nitrogens with one attached hydrogen (secondary N) is 1. The summed E-state index contributed by atoms with van der Waals surface area (Å²) in [5.74, 6) is -1.42. The van der Waals surface area contributed by atoms with Gasteiger partial charge in [-0.2, -0.15) is 5.10 Å². The number of H-pyrrole nitrogens is 1. The summed E-state index contributed by atoms with van der Waals surface area (Å²) in [6.07, 6.45) is 2.30. The Morgan fingerprint density at radius 3 is 2.45 bits per heavy atom. The third-order valence-corrected chi connectivity index (χ3v) is 7.13. The smallest absolute Gasteiger partial charge is 0.175 e. The van der Waals surface area contributed by atoms with E-state index in [9.17, 15) is 22.3 Å². The van der Waals surface area contributed by atoms with Crippen LogP contribution >= 0.6 is 0 Å². The zero-order chi connectivity index (χ0) is 24.0. The molecule has 2 heterocycles. The van der Waals surface area contributed by atoms with Crippen LogP contribution in [0, 0.1) is 11.6 Å². The maximum Gasteiger partial charge on any atom is 0.175 e. The number of nitrogens with zero attached hydrogens (tertiary/aromatic N) is 3. The number of pyridine rings is 1. The van der Waals surface area contributed by atoms with E-state index in [0.29, 0.717) is 16.6 Å². The van der Waals surface area contributed by atoms with Crippen LogP contribution in [0.2, 0.25) is 0 Å². The summed E-state index contributed by atoms with van der Waals surface area (Å²) in [5, 5.41) is 19.1. The molecule has 1 atom stereocenters. The quantitative estimate of drug-likeness (QED) is 0.445. The molecule has 2 aromatic heterocycles. The molecule has 2 N–H and O–H groups in total. The first-order valence-electron chi connectivity index (χ1n) is 10.1. The Balaban J connectivity index is 1.87. The molecule has 0 amide bonds. The van der Waals surface area contributed by atoms with Crippen molar-refractivity contribution in [3.05, 3.63) is 83.6 Å². The number of aromatic amines is 1. The fourth-order valence-corrected chi connectivity index (χ4v) is 4.58. The highest BCUT2D eigenvalue weighted by Crippen LogP contribution is 2.45. The largest absolute Gasteiger partial charge is 0.384 e. The van der Waals surface area contributed by atoms with Crippen LogP contribution in [0.5, 0.6) is 0 Å². The molecule has 0 saturated carbocycles. The molecular formula is C23H22F2N4O3S. The standard InChI is InChI=1S/C23H22F2N4O3S/c1-22(2,20-9-4-14-10-16(33(3,31)32)6-8-19(14)28-20)23(30,12-21-26-13-27-29-21)17-7-5-15(24)11-18(17)25/h4-11,13,30H,12H2,1-3H3,(H,26,27,29). The third-order valence-electron chi connectivity index (χ3n) is 6.02. The van der Waals surface area contributed by atoms with Crippen molar-refractivity contribution in [1.29, 1.82) is 0 Å². The highest BCUT2D eigenvalue weighted by molar-refractivity contribution is 7.90. The Morgan fingerprint density at radius 2 is 1.82 bits per heavy atom. The van der Waals surface area contributed by atoms with Gasteiger partial charge in [0.1, 0.15) is 23.6 Å². The number of rotatable bonds is 6. The van der Waals surface area contributed by atoms with E-state index >= 15 is 0 Å². The van der Waals surface area contributed by atoms with Crippen LogP contribution < -0.4 is 0 Å². The van der Waals surface area contributed by atoms with Crippen molar-refractivity contribution in [1.82, 2.24) is 20.2 Å². The van der Waals surface area contributed by atoms with Gasteiger partial charge in [0.15, 0.2) is 15.7 Å². The van der Waals surface area contributed by atoms with Crippen LogP contribution in [0.4, 0.5) is 8.78 Å². The Hall–Kier alpha value is -3.24. The van der Waals surface area contributed by atoms with Crippen LogP contribution in [0.15, 0.2) is 59.8 Å². The van der Waals surface area contributed by atoms with Crippen molar-refractivity contribution in [2.24, 2.45) is 0 Å². The molecule has 0 bridgehead atoms. The van der Waals surface area contributed by atoms with E-state index in [0.717, 1.165) is 18.4 Å². The minimum absolute atomic E-state index is 0.118. The second-order valence-electron chi connectivity index (χ2n) is 8.52. The van der Waals surface area contributed by atoms with E-state index in [1.807, 2.05) is 0 Å². The highest BCUT2D eigenvalue weighted by atomic mass is 32.2. The first-order valence-corrected chi connectivity index (χ1v) is 11.9. The second kappa shape index (κ2) is 7.96. The maximum absolute atomic E-state index is 14.9. The van der Waals surface area contributed by atoms with E-state index in [2.05, 4.69) is 20.2 Å². The van der Waals surface area contributed by atoms with Crippen LogP contribution in [0.3, 0.4) is 0 Å². The van der Waals surface area contributed by atoms with Gasteiger partial charge in [-0.1, -0.05) is 26.0 Å². The molecule has 0 saturated heterocycles. The van der Waals surface area contributed by atoms with Gasteiger partial charge in [-0.05, 0) is 30.3 Å². The highest BCUT2D eigenvalue weighted by Gasteiger charge is 2.49. The number of benzene rings is 2. The first kappa shape index (κ1) is 22.9. The van der Waals surface area contributed by atoms with Crippen molar-refractivity contribution in [3.8, 4) is 0 Å². The van der Waals surface area contributed by atoms with E-state index < -0.39 is 32.5 Å². The Labute approximate surface area is 189 Å². The zero-order valence-electron chi connectivity index (χ0n) is 18.2. The summed E-state index contributed by atoms with van der Waals surface area (Å²) in [5.41, 5.74) is -2.29. The van der Waals surface area contributed by atoms with Crippen LogP contribution in [-0.4, -0.2) is 39.9 Å². The van der Waals surface area contributed by atoms with Gasteiger partial charge >= 0.3 is 0 Å². The average Bonchev–Trinajstić information content (AvgIpc) is 3.24. The van der Waals surface area contributed by atoms with E-state index in [-0.39, 0.29) is 22.7 Å². The Bertz CT molecular complexity index is 1440. The zero-order valence-corrected chi connectivity index (χ0v) is 19.0. The molecule has 2 aromatic carbocycles. The van der Waals surface area contributed by atoms with Crippen molar-refractivity contribution in [2.45, 2.75) is 36.2 Å². The number of sulfone groups is 1. The van der Waals surface area contributed by atoms with Crippen molar-refractivity contribution in [3.63, 3.8) is 0 Å². The predicted molar refractivity (Wildman–Crippen MR) is 118 cm³/mol. The van der Waals surface area contributed by atoms with Gasteiger partial charge in [0.25, 0.3) is 0 Å². The minimum atomic E-state index is -3.39. The summed E-state index contributed by atoms with van der Waals surface area (Å²) in [7, 11) is -3.39. The summed E-state index contributed by atoms with van der Waals surface area (Å²) in [6.45, 7) is 3.39. The first-order chi connectivity index (χ1) is 15.4. The van der Waals surface area contributed by atoms with Crippen LogP contribution in [0.25, 0.3) is 10.9 Å². The third kappa shape index (κ3) is 4.11. The molecule has 0 spiro atoms. The molecular weight excluding hydrogens is 450 g/mol. The van der Waals surface area contributed by atoms with Gasteiger partial charge in [0.05, 0.1) is 10.4 Å². The fourth-order valence-electron chi connectivity index (χ4n) is 3.92. The van der Waals surface area contributed by atoms with Crippen LogP contribution in [0.1, 0.15) is 30.9 Å². The molecule has 0 fully saturated rings. The van der Waals surface area contributed by atoms with E-state index in [1.165, 1.54) is 24.5 Å². The number of halogens is 2. The van der Waals surface area contributed by atoms with E-state index in [4.69, 9.17) is 0 Å². The Morgan fingerprint density at radius 1 is 1.06 bits per heavy atom. The van der Waals surface area contributed by atoms with Crippen molar-refractivity contribution >= 4 is 20.7 Å². The van der Waals surface area contributed by atoms with Crippen LogP contribution in [-0.2, 0) is 27.3 Å². The van der Waals surface area contributed by atoms with Gasteiger partial charge in [-0.3, -0.25) is 10.1 Å². The molecule has 4 rings (SSSR count). The maximum atomic E-state index is 14.9. The molecule has 33 heavy (non-hydrogen) atoms. The summed E-state index contributed by atoms with van der Waals surface area (Å²) >= 11 is 0. The molecule has 7 nitrogen and oxygen atoms in total. The molecule has 0 aliphatic heterocycles.